The van der Waals surface area contributed by atoms with Gasteiger partial charge in [0.2, 0.25) is 0 Å². The zero-order valence-corrected chi connectivity index (χ0v) is 9.89. The van der Waals surface area contributed by atoms with E-state index in [-0.39, 0.29) is 5.82 Å². The summed E-state index contributed by atoms with van der Waals surface area (Å²) in [4.78, 5) is 0. The highest BCUT2D eigenvalue weighted by Gasteiger charge is 2.16. The van der Waals surface area contributed by atoms with Gasteiger partial charge in [0, 0.05) is 23.7 Å². The Morgan fingerprint density at radius 2 is 2.07 bits per heavy atom. The van der Waals surface area contributed by atoms with Gasteiger partial charge in [0.15, 0.2) is 0 Å². The van der Waals surface area contributed by atoms with Crippen molar-refractivity contribution in [2.75, 3.05) is 18.5 Å². The van der Waals surface area contributed by atoms with Crippen LogP contribution in [0.15, 0.2) is 22.7 Å². The number of benzene rings is 1. The third-order valence-electron chi connectivity index (χ3n) is 2.53. The van der Waals surface area contributed by atoms with Crippen LogP contribution in [0.3, 0.4) is 0 Å². The molecule has 0 amide bonds. The fourth-order valence-electron chi connectivity index (χ4n) is 1.68. The Morgan fingerprint density at radius 1 is 1.33 bits per heavy atom. The lowest BCUT2D eigenvalue weighted by molar-refractivity contribution is 0.0904. The second-order valence-electron chi connectivity index (χ2n) is 3.63. The molecule has 1 heterocycles. The number of hydrogen-bond donors (Lipinski definition) is 1. The van der Waals surface area contributed by atoms with E-state index >= 15 is 0 Å². The first-order valence-corrected chi connectivity index (χ1v) is 5.85. The van der Waals surface area contributed by atoms with Crippen molar-refractivity contribution in [3.05, 3.63) is 28.5 Å². The van der Waals surface area contributed by atoms with E-state index in [1.807, 2.05) is 6.07 Å². The van der Waals surface area contributed by atoms with Crippen LogP contribution in [-0.4, -0.2) is 19.3 Å². The lowest BCUT2D eigenvalue weighted by Gasteiger charge is -2.24. The number of rotatable bonds is 2. The van der Waals surface area contributed by atoms with Gasteiger partial charge >= 0.3 is 0 Å². The van der Waals surface area contributed by atoms with Gasteiger partial charge in [-0.25, -0.2) is 4.39 Å². The van der Waals surface area contributed by atoms with Gasteiger partial charge < -0.3 is 10.1 Å². The van der Waals surface area contributed by atoms with E-state index in [0.29, 0.717) is 11.7 Å². The molecule has 2 nitrogen and oxygen atoms in total. The maximum Gasteiger partial charge on any atom is 0.147 e. The van der Waals surface area contributed by atoms with Crippen LogP contribution < -0.4 is 5.32 Å². The van der Waals surface area contributed by atoms with Crippen LogP contribution in [0.4, 0.5) is 10.1 Å². The molecule has 15 heavy (non-hydrogen) atoms. The molecular formula is C11H13BrFNO. The average Bonchev–Trinajstić information content (AvgIpc) is 2.25. The van der Waals surface area contributed by atoms with Gasteiger partial charge in [-0.3, -0.25) is 0 Å². The number of nitrogens with one attached hydrogen (secondary N) is 1. The van der Waals surface area contributed by atoms with Gasteiger partial charge in [0.25, 0.3) is 0 Å². The van der Waals surface area contributed by atoms with E-state index in [2.05, 4.69) is 21.2 Å². The van der Waals surface area contributed by atoms with Crippen molar-refractivity contribution in [2.24, 2.45) is 0 Å². The summed E-state index contributed by atoms with van der Waals surface area (Å²) in [6.07, 6.45) is 1.86. The molecule has 0 radical (unpaired) electrons. The summed E-state index contributed by atoms with van der Waals surface area (Å²) in [5, 5.41) is 3.22. The Bertz CT molecular complexity index is 319. The van der Waals surface area contributed by atoms with Crippen molar-refractivity contribution >= 4 is 21.6 Å². The maximum absolute atomic E-state index is 13.5. The van der Waals surface area contributed by atoms with E-state index in [9.17, 15) is 4.39 Å². The number of halogens is 2. The molecule has 0 aliphatic carbocycles. The van der Waals surface area contributed by atoms with Crippen molar-refractivity contribution in [3.63, 3.8) is 0 Å². The minimum absolute atomic E-state index is 0.212. The van der Waals surface area contributed by atoms with Crippen molar-refractivity contribution in [1.29, 1.82) is 0 Å². The molecule has 1 aromatic rings. The maximum atomic E-state index is 13.5. The van der Waals surface area contributed by atoms with Gasteiger partial charge in [-0.1, -0.05) is 6.07 Å². The summed E-state index contributed by atoms with van der Waals surface area (Å²) < 4.78 is 19.5. The Balaban J connectivity index is 2.09. The molecule has 0 aromatic heterocycles. The predicted octanol–water partition coefficient (Wildman–Crippen LogP) is 3.18. The first-order valence-electron chi connectivity index (χ1n) is 5.05. The molecule has 0 bridgehead atoms. The molecule has 1 aliphatic heterocycles. The Hall–Kier alpha value is -0.610. The van der Waals surface area contributed by atoms with E-state index in [0.717, 1.165) is 30.5 Å². The van der Waals surface area contributed by atoms with E-state index in [1.165, 1.54) is 6.07 Å². The lowest BCUT2D eigenvalue weighted by Crippen LogP contribution is -2.28. The molecule has 4 heteroatoms. The second kappa shape index (κ2) is 4.94. The minimum atomic E-state index is -0.212. The molecule has 1 fully saturated rings. The van der Waals surface area contributed by atoms with Gasteiger partial charge in [-0.15, -0.1) is 0 Å². The predicted molar refractivity (Wildman–Crippen MR) is 61.6 cm³/mol. The molecule has 0 atom stereocenters. The highest BCUT2D eigenvalue weighted by atomic mass is 79.9. The topological polar surface area (TPSA) is 21.3 Å². The fourth-order valence-corrected chi connectivity index (χ4v) is 2.14. The van der Waals surface area contributed by atoms with Crippen LogP contribution in [0.2, 0.25) is 0 Å². The number of anilines is 1. The van der Waals surface area contributed by atoms with Crippen LogP contribution in [0.5, 0.6) is 0 Å². The van der Waals surface area contributed by atoms with Gasteiger partial charge in [-0.05, 0) is 40.9 Å². The summed E-state index contributed by atoms with van der Waals surface area (Å²) >= 11 is 3.34. The summed E-state index contributed by atoms with van der Waals surface area (Å²) in [5.41, 5.74) is 0.560. The van der Waals surface area contributed by atoms with Gasteiger partial charge in [0.05, 0.1) is 5.69 Å². The van der Waals surface area contributed by atoms with E-state index in [1.54, 1.807) is 6.07 Å². The van der Waals surface area contributed by atoms with Crippen molar-refractivity contribution in [1.82, 2.24) is 0 Å². The smallest absolute Gasteiger partial charge is 0.147 e. The normalized spacial score (nSPS) is 17.7. The molecule has 82 valence electrons. The second-order valence-corrected chi connectivity index (χ2v) is 4.48. The molecule has 1 aliphatic rings. The third kappa shape index (κ3) is 2.69. The number of hydrogen-bond acceptors (Lipinski definition) is 2. The highest BCUT2D eigenvalue weighted by molar-refractivity contribution is 9.10. The first-order chi connectivity index (χ1) is 7.27. The largest absolute Gasteiger partial charge is 0.381 e. The zero-order chi connectivity index (χ0) is 10.7. The quantitative estimate of drug-likeness (QED) is 0.894. The number of para-hydroxylation sites is 1. The van der Waals surface area contributed by atoms with Crippen LogP contribution in [-0.2, 0) is 4.74 Å². The number of ether oxygens (including phenoxy) is 1. The Labute approximate surface area is 96.9 Å². The molecule has 1 N–H and O–H groups in total. The van der Waals surface area contributed by atoms with Gasteiger partial charge in [-0.2, -0.15) is 0 Å². The summed E-state index contributed by atoms with van der Waals surface area (Å²) in [6.45, 7) is 1.51. The van der Waals surface area contributed by atoms with E-state index in [4.69, 9.17) is 4.74 Å². The van der Waals surface area contributed by atoms with Crippen LogP contribution in [0, 0.1) is 5.82 Å². The molecule has 0 spiro atoms. The molecule has 1 aromatic carbocycles. The summed E-state index contributed by atoms with van der Waals surface area (Å²) in [7, 11) is 0. The SMILES string of the molecule is Fc1cccc(Br)c1NC1CCOCC1. The first kappa shape index (κ1) is 10.9. The van der Waals surface area contributed by atoms with Crippen molar-refractivity contribution in [3.8, 4) is 0 Å². The van der Waals surface area contributed by atoms with E-state index < -0.39 is 0 Å². The summed E-state index contributed by atoms with van der Waals surface area (Å²) in [5.74, 6) is -0.212. The minimum Gasteiger partial charge on any atom is -0.381 e. The summed E-state index contributed by atoms with van der Waals surface area (Å²) in [6, 6.07) is 5.30. The fraction of sp³-hybridized carbons (Fsp3) is 0.455. The highest BCUT2D eigenvalue weighted by Crippen LogP contribution is 2.27. The monoisotopic (exact) mass is 273 g/mol. The molecule has 2 rings (SSSR count). The Kier molecular flexibility index (Phi) is 3.59. The average molecular weight is 274 g/mol. The van der Waals surface area contributed by atoms with Gasteiger partial charge in [0.1, 0.15) is 5.82 Å². The van der Waals surface area contributed by atoms with Crippen molar-refractivity contribution in [2.45, 2.75) is 18.9 Å². The zero-order valence-electron chi connectivity index (χ0n) is 8.30. The van der Waals surface area contributed by atoms with Crippen LogP contribution in [0.1, 0.15) is 12.8 Å². The molecule has 0 saturated carbocycles. The van der Waals surface area contributed by atoms with Crippen molar-refractivity contribution < 1.29 is 9.13 Å². The Morgan fingerprint density at radius 3 is 2.73 bits per heavy atom. The molecule has 0 unspecified atom stereocenters. The third-order valence-corrected chi connectivity index (χ3v) is 3.19. The molecule has 1 saturated heterocycles. The lowest BCUT2D eigenvalue weighted by atomic mass is 10.1. The standard InChI is InChI=1S/C11H13BrFNO/c12-9-2-1-3-10(13)11(9)14-8-4-6-15-7-5-8/h1-3,8,14H,4-7H2. The van der Waals surface area contributed by atoms with Crippen LogP contribution >= 0.6 is 15.9 Å². The van der Waals surface area contributed by atoms with Crippen LogP contribution in [0.25, 0.3) is 0 Å². The molecular weight excluding hydrogens is 261 g/mol.